The maximum Gasteiger partial charge on any atom is 0.0795 e. The van der Waals surface area contributed by atoms with E-state index < -0.39 is 0 Å². The summed E-state index contributed by atoms with van der Waals surface area (Å²) in [5, 5.41) is 5.48. The van der Waals surface area contributed by atoms with E-state index in [0.717, 1.165) is 23.1 Å². The van der Waals surface area contributed by atoms with Crippen molar-refractivity contribution < 1.29 is 0 Å². The van der Waals surface area contributed by atoms with Crippen molar-refractivity contribution in [2.45, 2.75) is 19.9 Å². The average molecular weight is 297 g/mol. The molecule has 0 amide bonds. The predicted molar refractivity (Wildman–Crippen MR) is 73.0 cm³/mol. The lowest BCUT2D eigenvalue weighted by Gasteiger charge is -2.10. The Morgan fingerprint density at radius 3 is 3.00 bits per heavy atom. The van der Waals surface area contributed by atoms with Gasteiger partial charge in [-0.3, -0.25) is 0 Å². The average Bonchev–Trinajstić information content (AvgIpc) is 2.80. The number of rotatable bonds is 4. The third-order valence-corrected chi connectivity index (χ3v) is 3.52. The van der Waals surface area contributed by atoms with Crippen LogP contribution in [-0.4, -0.2) is 4.98 Å². The molecule has 0 atom stereocenters. The van der Waals surface area contributed by atoms with Crippen LogP contribution in [0.4, 0.5) is 5.69 Å². The van der Waals surface area contributed by atoms with Crippen molar-refractivity contribution in [3.05, 3.63) is 44.8 Å². The summed E-state index contributed by atoms with van der Waals surface area (Å²) in [4.78, 5) is 4.25. The molecule has 0 aliphatic heterocycles. The molecule has 0 spiro atoms. The van der Waals surface area contributed by atoms with Crippen molar-refractivity contribution in [2.24, 2.45) is 0 Å². The van der Waals surface area contributed by atoms with Crippen LogP contribution in [0.3, 0.4) is 0 Å². The van der Waals surface area contributed by atoms with Crippen molar-refractivity contribution in [1.29, 1.82) is 0 Å². The molecule has 1 heterocycles. The first-order valence-electron chi connectivity index (χ1n) is 5.19. The molecule has 0 saturated heterocycles. The van der Waals surface area contributed by atoms with Crippen molar-refractivity contribution in [3.8, 4) is 0 Å². The lowest BCUT2D eigenvalue weighted by molar-refractivity contribution is 1.05. The first-order chi connectivity index (χ1) is 7.79. The molecule has 0 aliphatic carbocycles. The van der Waals surface area contributed by atoms with Gasteiger partial charge in [0, 0.05) is 15.5 Å². The van der Waals surface area contributed by atoms with Gasteiger partial charge in [-0.15, -0.1) is 11.3 Å². The summed E-state index contributed by atoms with van der Waals surface area (Å²) < 4.78 is 1.13. The second-order valence-corrected chi connectivity index (χ2v) is 5.12. The van der Waals surface area contributed by atoms with Crippen molar-refractivity contribution in [1.82, 2.24) is 4.98 Å². The van der Waals surface area contributed by atoms with Gasteiger partial charge in [0.05, 0.1) is 17.7 Å². The molecule has 1 N–H and O–H groups in total. The molecule has 0 bridgehead atoms. The van der Waals surface area contributed by atoms with Gasteiger partial charge < -0.3 is 5.32 Å². The summed E-state index contributed by atoms with van der Waals surface area (Å²) in [7, 11) is 0. The maximum atomic E-state index is 4.25. The summed E-state index contributed by atoms with van der Waals surface area (Å²) in [5.41, 5.74) is 5.47. The number of nitrogens with zero attached hydrogens (tertiary/aromatic N) is 1. The van der Waals surface area contributed by atoms with Crippen LogP contribution in [0, 0.1) is 0 Å². The third kappa shape index (κ3) is 2.83. The fourth-order valence-corrected chi connectivity index (χ4v) is 2.50. The number of nitrogens with one attached hydrogen (secondary N) is 1. The first kappa shape index (κ1) is 11.6. The van der Waals surface area contributed by atoms with Crippen LogP contribution in [0.2, 0.25) is 0 Å². The number of benzene rings is 1. The van der Waals surface area contributed by atoms with Crippen LogP contribution in [0.25, 0.3) is 0 Å². The van der Waals surface area contributed by atoms with E-state index in [9.17, 15) is 0 Å². The van der Waals surface area contributed by atoms with E-state index >= 15 is 0 Å². The summed E-state index contributed by atoms with van der Waals surface area (Å²) in [6.07, 6.45) is 1.03. The Morgan fingerprint density at radius 2 is 2.31 bits per heavy atom. The molecular formula is C12H13BrN2S. The number of aryl methyl sites for hydroxylation is 1. The minimum Gasteiger partial charge on any atom is -0.379 e. The number of halogens is 1. The molecular weight excluding hydrogens is 284 g/mol. The zero-order valence-electron chi connectivity index (χ0n) is 9.03. The van der Waals surface area contributed by atoms with Crippen LogP contribution in [0.15, 0.2) is 33.6 Å². The van der Waals surface area contributed by atoms with Gasteiger partial charge in [0.2, 0.25) is 0 Å². The highest BCUT2D eigenvalue weighted by Gasteiger charge is 2.02. The molecule has 2 nitrogen and oxygen atoms in total. The quantitative estimate of drug-likeness (QED) is 0.919. The highest BCUT2D eigenvalue weighted by molar-refractivity contribution is 9.10. The summed E-state index contributed by atoms with van der Waals surface area (Å²) in [6.45, 7) is 2.95. The molecule has 0 aliphatic rings. The Labute approximate surface area is 108 Å². The Balaban J connectivity index is 2.09. The van der Waals surface area contributed by atoms with Crippen LogP contribution in [0.1, 0.15) is 18.2 Å². The van der Waals surface area contributed by atoms with E-state index in [0.29, 0.717) is 0 Å². The second-order valence-electron chi connectivity index (χ2n) is 3.49. The monoisotopic (exact) mass is 296 g/mol. The van der Waals surface area contributed by atoms with E-state index in [2.05, 4.69) is 56.7 Å². The summed E-state index contributed by atoms with van der Waals surface area (Å²) in [6, 6.07) is 6.32. The predicted octanol–water partition coefficient (Wildman–Crippen LogP) is 4.08. The van der Waals surface area contributed by atoms with Gasteiger partial charge in [0.25, 0.3) is 0 Å². The zero-order valence-corrected chi connectivity index (χ0v) is 11.4. The minimum absolute atomic E-state index is 0.790. The van der Waals surface area contributed by atoms with Crippen LogP contribution >= 0.6 is 27.3 Å². The van der Waals surface area contributed by atoms with Gasteiger partial charge in [-0.2, -0.15) is 0 Å². The highest BCUT2D eigenvalue weighted by atomic mass is 79.9. The molecule has 0 saturated carbocycles. The summed E-state index contributed by atoms with van der Waals surface area (Å²) in [5.74, 6) is 0. The lowest BCUT2D eigenvalue weighted by Crippen LogP contribution is -2.02. The Kier molecular flexibility index (Phi) is 3.96. The SMILES string of the molecule is CCc1cc(Br)ccc1NCc1cscn1. The third-order valence-electron chi connectivity index (χ3n) is 2.39. The van der Waals surface area contributed by atoms with Gasteiger partial charge in [0.1, 0.15) is 0 Å². The van der Waals surface area contributed by atoms with E-state index in [4.69, 9.17) is 0 Å². The number of hydrogen-bond donors (Lipinski definition) is 1. The van der Waals surface area contributed by atoms with Gasteiger partial charge >= 0.3 is 0 Å². The minimum atomic E-state index is 0.790. The molecule has 2 rings (SSSR count). The second kappa shape index (κ2) is 5.46. The highest BCUT2D eigenvalue weighted by Crippen LogP contribution is 2.22. The molecule has 0 radical (unpaired) electrons. The van der Waals surface area contributed by atoms with Crippen LogP contribution in [-0.2, 0) is 13.0 Å². The van der Waals surface area contributed by atoms with E-state index in [1.165, 1.54) is 11.3 Å². The molecule has 1 aromatic heterocycles. The summed E-state index contributed by atoms with van der Waals surface area (Å²) >= 11 is 5.12. The number of aromatic nitrogens is 1. The topological polar surface area (TPSA) is 24.9 Å². The number of anilines is 1. The van der Waals surface area contributed by atoms with Crippen LogP contribution < -0.4 is 5.32 Å². The Hall–Kier alpha value is -0.870. The molecule has 0 unspecified atom stereocenters. The van der Waals surface area contributed by atoms with E-state index in [1.807, 2.05) is 5.51 Å². The van der Waals surface area contributed by atoms with Crippen LogP contribution in [0.5, 0.6) is 0 Å². The molecule has 16 heavy (non-hydrogen) atoms. The van der Waals surface area contributed by atoms with Crippen molar-refractivity contribution in [3.63, 3.8) is 0 Å². The van der Waals surface area contributed by atoms with Gasteiger partial charge in [-0.1, -0.05) is 22.9 Å². The largest absolute Gasteiger partial charge is 0.379 e. The molecule has 4 heteroatoms. The smallest absolute Gasteiger partial charge is 0.0795 e. The van der Waals surface area contributed by atoms with Crippen molar-refractivity contribution >= 4 is 33.0 Å². The van der Waals surface area contributed by atoms with Gasteiger partial charge in [-0.05, 0) is 30.2 Å². The fraction of sp³-hybridized carbons (Fsp3) is 0.250. The molecule has 1 aromatic carbocycles. The molecule has 0 fully saturated rings. The fourth-order valence-electron chi connectivity index (χ4n) is 1.54. The van der Waals surface area contributed by atoms with Gasteiger partial charge in [-0.25, -0.2) is 4.98 Å². The Morgan fingerprint density at radius 1 is 1.44 bits per heavy atom. The van der Waals surface area contributed by atoms with Crippen molar-refractivity contribution in [2.75, 3.05) is 5.32 Å². The first-order valence-corrected chi connectivity index (χ1v) is 6.92. The van der Waals surface area contributed by atoms with E-state index in [1.54, 1.807) is 11.3 Å². The number of hydrogen-bond acceptors (Lipinski definition) is 3. The molecule has 2 aromatic rings. The number of thiazole rings is 1. The Bertz CT molecular complexity index is 454. The zero-order chi connectivity index (χ0) is 11.4. The van der Waals surface area contributed by atoms with Gasteiger partial charge in [0.15, 0.2) is 0 Å². The maximum absolute atomic E-state index is 4.25. The standard InChI is InChI=1S/C12H13BrN2S/c1-2-9-5-10(13)3-4-12(9)14-6-11-7-16-8-15-11/h3-5,7-8,14H,2,6H2,1H3. The van der Waals surface area contributed by atoms with E-state index in [-0.39, 0.29) is 0 Å². The molecule has 84 valence electrons. The normalized spacial score (nSPS) is 10.4. The lowest BCUT2D eigenvalue weighted by atomic mass is 10.1.